The van der Waals surface area contributed by atoms with Crippen molar-refractivity contribution in [3.8, 4) is 0 Å². The molecule has 3 atom stereocenters. The molecule has 8 nitrogen and oxygen atoms in total. The number of nitrogens with one attached hydrogen (secondary N) is 1. The van der Waals surface area contributed by atoms with Gasteiger partial charge in [-0.1, -0.05) is 152 Å². The summed E-state index contributed by atoms with van der Waals surface area (Å²) in [7, 11) is -4.35. The second-order valence-corrected chi connectivity index (χ2v) is 15.3. The fourth-order valence-corrected chi connectivity index (χ4v) is 6.36. The van der Waals surface area contributed by atoms with Gasteiger partial charge in [-0.15, -0.1) is 0 Å². The zero-order valence-electron chi connectivity index (χ0n) is 33.3. The number of rotatable bonds is 38. The van der Waals surface area contributed by atoms with E-state index in [0.29, 0.717) is 6.42 Å². The van der Waals surface area contributed by atoms with E-state index in [4.69, 9.17) is 14.8 Å². The summed E-state index contributed by atoms with van der Waals surface area (Å²) in [6.07, 6.45) is 48.4. The molecule has 0 saturated heterocycles. The molecule has 0 radical (unpaired) electrons. The normalized spacial score (nSPS) is 14.8. The van der Waals surface area contributed by atoms with Crippen molar-refractivity contribution >= 4 is 13.7 Å². The third kappa shape index (κ3) is 36.6. The van der Waals surface area contributed by atoms with E-state index in [2.05, 4.69) is 67.8 Å². The standard InChI is InChI=1S/C43H79N2O6P/c1-3-5-7-9-11-13-15-17-19-21-22-24-26-28-30-32-34-36-42(46)41(40-51-52(48,49)50-39-38-44)45-43(47)37-35-33-31-29-27-25-23-20-18-16-14-12-10-8-6-4-2/h14,16,19-21,23,26,28,34,36,41-42,46H,3-13,15,17-18,22,24-25,27,29-33,35,37-40,44H2,1-2H3,(H,45,47)(H,48,49)/b16-14-,21-19+,23-20-,28-26+,36-34+. The van der Waals surface area contributed by atoms with Crippen molar-refractivity contribution in [2.75, 3.05) is 19.8 Å². The average molecular weight is 751 g/mol. The Balaban J connectivity index is 4.38. The smallest absolute Gasteiger partial charge is 0.387 e. The number of hydrogen-bond acceptors (Lipinski definition) is 6. The van der Waals surface area contributed by atoms with Gasteiger partial charge >= 0.3 is 7.82 Å². The van der Waals surface area contributed by atoms with Gasteiger partial charge in [0, 0.05) is 13.0 Å². The number of phosphoric ester groups is 1. The number of hydrogen-bond donors (Lipinski definition) is 4. The van der Waals surface area contributed by atoms with E-state index in [1.807, 2.05) is 6.08 Å². The summed E-state index contributed by atoms with van der Waals surface area (Å²) in [5.74, 6) is -0.225. The minimum atomic E-state index is -4.35. The number of carbonyl (C=O) groups excluding carboxylic acids is 1. The molecular formula is C43H79N2O6P. The van der Waals surface area contributed by atoms with Crippen LogP contribution in [0.25, 0.3) is 0 Å². The summed E-state index contributed by atoms with van der Waals surface area (Å²) < 4.78 is 22.1. The van der Waals surface area contributed by atoms with Gasteiger partial charge in [0.2, 0.25) is 5.91 Å². The summed E-state index contributed by atoms with van der Waals surface area (Å²) in [4.78, 5) is 22.7. The molecule has 302 valence electrons. The number of nitrogens with two attached hydrogens (primary N) is 1. The summed E-state index contributed by atoms with van der Waals surface area (Å²) in [6, 6.07) is -0.892. The minimum absolute atomic E-state index is 0.0670. The highest BCUT2D eigenvalue weighted by atomic mass is 31.2. The largest absolute Gasteiger partial charge is 0.472 e. The molecule has 0 aromatic rings. The van der Waals surface area contributed by atoms with Crippen LogP contribution in [0, 0.1) is 0 Å². The van der Waals surface area contributed by atoms with E-state index < -0.39 is 20.0 Å². The number of aliphatic hydroxyl groups excluding tert-OH is 1. The Morgan fingerprint density at radius 3 is 1.62 bits per heavy atom. The van der Waals surface area contributed by atoms with Gasteiger partial charge in [0.1, 0.15) is 0 Å². The highest BCUT2D eigenvalue weighted by molar-refractivity contribution is 7.47. The SMILES string of the molecule is CCCCCC/C=C\C/C=C\CCCCCCCC(=O)NC(COP(=O)(O)OCCN)C(O)/C=C/CC/C=C/CC/C=C/CCCCCCCCC. The number of allylic oxidation sites excluding steroid dienone is 9. The average Bonchev–Trinajstić information content (AvgIpc) is 3.13. The Hall–Kier alpha value is -1.80. The second-order valence-electron chi connectivity index (χ2n) is 13.8. The second kappa shape index (κ2) is 38.9. The highest BCUT2D eigenvalue weighted by Crippen LogP contribution is 2.43. The highest BCUT2D eigenvalue weighted by Gasteiger charge is 2.26. The molecule has 1 amide bonds. The van der Waals surface area contributed by atoms with Crippen molar-refractivity contribution < 1.29 is 28.4 Å². The lowest BCUT2D eigenvalue weighted by atomic mass is 10.1. The Labute approximate surface area is 319 Å². The van der Waals surface area contributed by atoms with Crippen LogP contribution < -0.4 is 11.1 Å². The van der Waals surface area contributed by atoms with Crippen LogP contribution in [0.15, 0.2) is 60.8 Å². The summed E-state index contributed by atoms with van der Waals surface area (Å²) in [5, 5.41) is 13.6. The lowest BCUT2D eigenvalue weighted by molar-refractivity contribution is -0.123. The third-order valence-corrected chi connectivity index (χ3v) is 9.78. The Bertz CT molecular complexity index is 996. The third-order valence-electron chi connectivity index (χ3n) is 8.79. The van der Waals surface area contributed by atoms with E-state index in [-0.39, 0.29) is 25.7 Å². The topological polar surface area (TPSA) is 131 Å². The van der Waals surface area contributed by atoms with Crippen LogP contribution in [-0.2, 0) is 18.4 Å². The van der Waals surface area contributed by atoms with E-state index in [1.165, 1.54) is 83.5 Å². The molecule has 0 heterocycles. The number of carbonyl (C=O) groups is 1. The molecular weight excluding hydrogens is 671 g/mol. The molecule has 5 N–H and O–H groups in total. The van der Waals surface area contributed by atoms with Crippen molar-refractivity contribution in [2.45, 2.75) is 187 Å². The molecule has 0 aromatic heterocycles. The van der Waals surface area contributed by atoms with E-state index in [9.17, 15) is 19.4 Å². The fraction of sp³-hybridized carbons (Fsp3) is 0.744. The molecule has 0 aromatic carbocycles. The molecule has 52 heavy (non-hydrogen) atoms. The molecule has 0 aliphatic rings. The van der Waals surface area contributed by atoms with Crippen LogP contribution in [0.4, 0.5) is 0 Å². The molecule has 0 rings (SSSR count). The monoisotopic (exact) mass is 751 g/mol. The van der Waals surface area contributed by atoms with Crippen LogP contribution >= 0.6 is 7.82 Å². The summed E-state index contributed by atoms with van der Waals surface area (Å²) in [6.45, 7) is 4.05. The van der Waals surface area contributed by atoms with E-state index >= 15 is 0 Å². The fourth-order valence-electron chi connectivity index (χ4n) is 5.60. The maximum atomic E-state index is 12.7. The van der Waals surface area contributed by atoms with Crippen molar-refractivity contribution in [2.24, 2.45) is 5.73 Å². The lowest BCUT2D eigenvalue weighted by Crippen LogP contribution is -2.45. The van der Waals surface area contributed by atoms with Crippen molar-refractivity contribution in [1.29, 1.82) is 0 Å². The summed E-state index contributed by atoms with van der Waals surface area (Å²) >= 11 is 0. The minimum Gasteiger partial charge on any atom is -0.387 e. The molecule has 0 aliphatic carbocycles. The van der Waals surface area contributed by atoms with E-state index in [1.54, 1.807) is 6.08 Å². The molecule has 0 saturated carbocycles. The lowest BCUT2D eigenvalue weighted by Gasteiger charge is -2.23. The van der Waals surface area contributed by atoms with Gasteiger partial charge in [0.15, 0.2) is 0 Å². The van der Waals surface area contributed by atoms with Gasteiger partial charge in [-0.05, 0) is 77.0 Å². The number of aliphatic hydroxyl groups is 1. The first-order chi connectivity index (χ1) is 25.4. The van der Waals surface area contributed by atoms with Crippen LogP contribution in [-0.4, -0.2) is 47.8 Å². The maximum absolute atomic E-state index is 12.7. The Kier molecular flexibility index (Phi) is 37.6. The van der Waals surface area contributed by atoms with Crippen molar-refractivity contribution in [1.82, 2.24) is 5.32 Å². The first kappa shape index (κ1) is 50.2. The van der Waals surface area contributed by atoms with Gasteiger partial charge in [-0.3, -0.25) is 13.8 Å². The van der Waals surface area contributed by atoms with Crippen molar-refractivity contribution in [3.05, 3.63) is 60.8 Å². The molecule has 9 heteroatoms. The van der Waals surface area contributed by atoms with E-state index in [0.717, 1.165) is 70.6 Å². The zero-order valence-corrected chi connectivity index (χ0v) is 34.2. The van der Waals surface area contributed by atoms with Crippen LogP contribution in [0.5, 0.6) is 0 Å². The quantitative estimate of drug-likeness (QED) is 0.0281. The molecule has 0 spiro atoms. The predicted molar refractivity (Wildman–Crippen MR) is 221 cm³/mol. The van der Waals surface area contributed by atoms with Gasteiger partial charge in [-0.25, -0.2) is 4.57 Å². The first-order valence-corrected chi connectivity index (χ1v) is 22.4. The molecule has 0 fully saturated rings. The number of amides is 1. The zero-order chi connectivity index (χ0) is 38.2. The Morgan fingerprint density at radius 1 is 0.635 bits per heavy atom. The van der Waals surface area contributed by atoms with Gasteiger partial charge in [0.25, 0.3) is 0 Å². The maximum Gasteiger partial charge on any atom is 0.472 e. The van der Waals surface area contributed by atoms with Gasteiger partial charge in [0.05, 0.1) is 25.4 Å². The van der Waals surface area contributed by atoms with Crippen LogP contribution in [0.1, 0.15) is 174 Å². The molecule has 0 aliphatic heterocycles. The number of phosphoric acid groups is 1. The Morgan fingerprint density at radius 2 is 1.08 bits per heavy atom. The first-order valence-electron chi connectivity index (χ1n) is 20.9. The van der Waals surface area contributed by atoms with Gasteiger partial charge in [-0.2, -0.15) is 0 Å². The molecule has 3 unspecified atom stereocenters. The van der Waals surface area contributed by atoms with Crippen LogP contribution in [0.3, 0.4) is 0 Å². The predicted octanol–water partition coefficient (Wildman–Crippen LogP) is 11.5. The number of unbranched alkanes of at least 4 members (excludes halogenated alkanes) is 18. The van der Waals surface area contributed by atoms with Crippen LogP contribution in [0.2, 0.25) is 0 Å². The summed E-state index contributed by atoms with van der Waals surface area (Å²) in [5.41, 5.74) is 5.36. The van der Waals surface area contributed by atoms with Gasteiger partial charge < -0.3 is 21.1 Å². The molecule has 0 bridgehead atoms. The van der Waals surface area contributed by atoms with Crippen molar-refractivity contribution in [3.63, 3.8) is 0 Å².